The van der Waals surface area contributed by atoms with Crippen molar-refractivity contribution in [1.82, 2.24) is 4.57 Å². The van der Waals surface area contributed by atoms with Gasteiger partial charge in [-0.1, -0.05) is 53.8 Å². The molecule has 0 saturated carbocycles. The van der Waals surface area contributed by atoms with Gasteiger partial charge in [0.05, 0.1) is 32.9 Å². The predicted molar refractivity (Wildman–Crippen MR) is 172 cm³/mol. The van der Waals surface area contributed by atoms with Crippen molar-refractivity contribution in [2.24, 2.45) is 4.99 Å². The van der Waals surface area contributed by atoms with E-state index in [9.17, 15) is 9.59 Å². The number of esters is 1. The highest BCUT2D eigenvalue weighted by molar-refractivity contribution is 9.10. The van der Waals surface area contributed by atoms with Crippen molar-refractivity contribution in [3.8, 4) is 0 Å². The molecule has 0 unspecified atom stereocenters. The van der Waals surface area contributed by atoms with Crippen LogP contribution in [0.2, 0.25) is 0 Å². The Bertz CT molecular complexity index is 1820. The molecule has 0 aliphatic carbocycles. The number of rotatable bonds is 7. The van der Waals surface area contributed by atoms with Gasteiger partial charge in [0.1, 0.15) is 5.76 Å². The van der Waals surface area contributed by atoms with Crippen LogP contribution in [0.5, 0.6) is 0 Å². The van der Waals surface area contributed by atoms with Crippen LogP contribution >= 0.6 is 39.0 Å². The van der Waals surface area contributed by atoms with E-state index in [0.717, 1.165) is 52.3 Å². The number of hydrogen-bond acceptors (Lipinski definition) is 8. The summed E-state index contributed by atoms with van der Waals surface area (Å²) in [4.78, 5) is 36.5. The number of thiazole rings is 1. The van der Waals surface area contributed by atoms with Gasteiger partial charge in [-0.2, -0.15) is 0 Å². The van der Waals surface area contributed by atoms with Crippen molar-refractivity contribution in [2.45, 2.75) is 37.1 Å². The maximum Gasteiger partial charge on any atom is 0.338 e. The largest absolute Gasteiger partial charge is 0.463 e. The summed E-state index contributed by atoms with van der Waals surface area (Å²) >= 11 is 6.57. The van der Waals surface area contributed by atoms with Gasteiger partial charge in [0.25, 0.3) is 5.56 Å². The Hall–Kier alpha value is -3.34. The standard InChI is InChI=1S/C32H30BrN3O4S2/c1-3-39-31(38)26-27(20-10-6-4-7-11-20)34-32-36(28(26)21-12-14-23(41-2)15-13-21)29(37)25(42-32)19-22-18-24(33)30(40-22)35-16-8-5-9-17-35/h4,6-7,10-15,18-19,28H,3,5,8-9,16-17H2,1-2H3/b25-19+/t28-/m1/s1. The Morgan fingerprint density at radius 1 is 1.14 bits per heavy atom. The highest BCUT2D eigenvalue weighted by Gasteiger charge is 2.35. The second kappa shape index (κ2) is 12.5. The minimum atomic E-state index is -0.708. The molecule has 42 heavy (non-hydrogen) atoms. The first-order chi connectivity index (χ1) is 20.5. The third kappa shape index (κ3) is 5.55. The first kappa shape index (κ1) is 28.8. The van der Waals surface area contributed by atoms with Crippen molar-refractivity contribution in [3.05, 3.63) is 107 Å². The lowest BCUT2D eigenvalue weighted by atomic mass is 9.93. The summed E-state index contributed by atoms with van der Waals surface area (Å²) in [6.07, 6.45) is 7.27. The fourth-order valence-electron chi connectivity index (χ4n) is 5.43. The van der Waals surface area contributed by atoms with Gasteiger partial charge in [-0.3, -0.25) is 9.36 Å². The summed E-state index contributed by atoms with van der Waals surface area (Å²) in [5, 5.41) is 0. The van der Waals surface area contributed by atoms with E-state index < -0.39 is 12.0 Å². The lowest BCUT2D eigenvalue weighted by Gasteiger charge is -2.26. The zero-order chi connectivity index (χ0) is 29.2. The van der Waals surface area contributed by atoms with Crippen LogP contribution in [0.15, 0.2) is 89.8 Å². The molecule has 0 spiro atoms. The van der Waals surface area contributed by atoms with E-state index in [1.165, 1.54) is 17.8 Å². The van der Waals surface area contributed by atoms with Gasteiger partial charge >= 0.3 is 5.97 Å². The molecular formula is C32H30BrN3O4S2. The van der Waals surface area contributed by atoms with Crippen LogP contribution in [0, 0.1) is 0 Å². The molecule has 0 bridgehead atoms. The molecule has 6 rings (SSSR count). The molecule has 216 valence electrons. The smallest absolute Gasteiger partial charge is 0.338 e. The summed E-state index contributed by atoms with van der Waals surface area (Å²) < 4.78 is 14.7. The van der Waals surface area contributed by atoms with Crippen molar-refractivity contribution in [3.63, 3.8) is 0 Å². The number of carbonyl (C=O) groups excluding carboxylic acids is 1. The van der Waals surface area contributed by atoms with Crippen LogP contribution in [0.25, 0.3) is 11.8 Å². The summed E-state index contributed by atoms with van der Waals surface area (Å²) in [6.45, 7) is 3.88. The predicted octanol–water partition coefficient (Wildman–Crippen LogP) is 6.00. The van der Waals surface area contributed by atoms with E-state index in [2.05, 4.69) is 20.8 Å². The van der Waals surface area contributed by atoms with Crippen LogP contribution in [0.4, 0.5) is 5.88 Å². The molecule has 4 aromatic rings. The average Bonchev–Trinajstić information content (AvgIpc) is 3.55. The van der Waals surface area contributed by atoms with Gasteiger partial charge < -0.3 is 14.1 Å². The van der Waals surface area contributed by atoms with Crippen LogP contribution in [0.3, 0.4) is 0 Å². The van der Waals surface area contributed by atoms with Crippen LogP contribution in [-0.4, -0.2) is 36.5 Å². The third-order valence-corrected chi connectivity index (χ3v) is 9.70. The van der Waals surface area contributed by atoms with Gasteiger partial charge in [-0.15, -0.1) is 11.8 Å². The molecule has 4 heterocycles. The lowest BCUT2D eigenvalue weighted by Crippen LogP contribution is -2.40. The maximum absolute atomic E-state index is 14.1. The molecule has 2 aliphatic heterocycles. The van der Waals surface area contributed by atoms with Crippen molar-refractivity contribution >= 4 is 62.7 Å². The monoisotopic (exact) mass is 663 g/mol. The number of carbonyl (C=O) groups is 1. The quantitative estimate of drug-likeness (QED) is 0.178. The minimum absolute atomic E-state index is 0.208. The number of ether oxygens (including phenoxy) is 1. The molecule has 7 nitrogen and oxygen atoms in total. The molecule has 1 fully saturated rings. The zero-order valence-electron chi connectivity index (χ0n) is 23.3. The van der Waals surface area contributed by atoms with Crippen molar-refractivity contribution in [1.29, 1.82) is 0 Å². The molecular weight excluding hydrogens is 634 g/mol. The van der Waals surface area contributed by atoms with Gasteiger partial charge in [0.15, 0.2) is 4.80 Å². The van der Waals surface area contributed by atoms with Gasteiger partial charge in [-0.25, -0.2) is 9.79 Å². The molecule has 0 amide bonds. The van der Waals surface area contributed by atoms with Crippen molar-refractivity contribution in [2.75, 3.05) is 30.9 Å². The Morgan fingerprint density at radius 3 is 2.57 bits per heavy atom. The van der Waals surface area contributed by atoms with E-state index >= 15 is 0 Å². The molecule has 2 aromatic heterocycles. The topological polar surface area (TPSA) is 77.0 Å². The maximum atomic E-state index is 14.1. The highest BCUT2D eigenvalue weighted by atomic mass is 79.9. The van der Waals surface area contributed by atoms with E-state index in [4.69, 9.17) is 14.1 Å². The Morgan fingerprint density at radius 2 is 1.88 bits per heavy atom. The lowest BCUT2D eigenvalue weighted by molar-refractivity contribution is -0.138. The van der Waals surface area contributed by atoms with E-state index in [-0.39, 0.29) is 12.2 Å². The zero-order valence-corrected chi connectivity index (χ0v) is 26.6. The summed E-state index contributed by atoms with van der Waals surface area (Å²) in [6, 6.07) is 18.7. The molecule has 1 saturated heterocycles. The summed E-state index contributed by atoms with van der Waals surface area (Å²) in [7, 11) is 0. The number of hydrogen-bond donors (Lipinski definition) is 0. The number of piperidine rings is 1. The van der Waals surface area contributed by atoms with Crippen LogP contribution in [0.1, 0.15) is 49.1 Å². The fraction of sp³-hybridized carbons (Fsp3) is 0.281. The Balaban J connectivity index is 1.55. The van der Waals surface area contributed by atoms with Crippen LogP contribution in [-0.2, 0) is 9.53 Å². The Labute approximate surface area is 260 Å². The normalized spacial score (nSPS) is 17.3. The SMILES string of the molecule is CCOC(=O)C1=C(c2ccccc2)N=c2s/c(=C/c3cc(Br)c(N4CCCCC4)o3)c(=O)n2[C@@H]1c1ccc(SC)cc1. The number of benzene rings is 2. The third-order valence-electron chi connectivity index (χ3n) is 7.41. The second-order valence-corrected chi connectivity index (χ2v) is 12.8. The molecule has 0 N–H and O–H groups in total. The number of aromatic nitrogens is 1. The Kier molecular flexibility index (Phi) is 8.55. The first-order valence-corrected chi connectivity index (χ1v) is 16.8. The number of furan rings is 1. The van der Waals surface area contributed by atoms with Crippen molar-refractivity contribution < 1.29 is 13.9 Å². The second-order valence-electron chi connectivity index (χ2n) is 10.1. The number of thioether (sulfide) groups is 1. The molecule has 2 aliphatic rings. The molecule has 10 heteroatoms. The molecule has 2 aromatic carbocycles. The highest BCUT2D eigenvalue weighted by Crippen LogP contribution is 2.36. The number of fused-ring (bicyclic) bond motifs is 1. The van der Waals surface area contributed by atoms with Gasteiger partial charge in [0.2, 0.25) is 5.88 Å². The number of anilines is 1. The van der Waals surface area contributed by atoms with Gasteiger partial charge in [0, 0.05) is 35.7 Å². The summed E-state index contributed by atoms with van der Waals surface area (Å²) in [5.41, 5.74) is 2.20. The fourth-order valence-corrected chi connectivity index (χ4v) is 7.38. The number of halogens is 1. The van der Waals surface area contributed by atoms with Gasteiger partial charge in [-0.05, 0) is 66.1 Å². The number of nitrogens with zero attached hydrogens (tertiary/aromatic N) is 3. The summed E-state index contributed by atoms with van der Waals surface area (Å²) in [5.74, 6) is 0.882. The molecule has 0 radical (unpaired) electrons. The average molecular weight is 665 g/mol. The van der Waals surface area contributed by atoms with E-state index in [0.29, 0.717) is 26.4 Å². The minimum Gasteiger partial charge on any atom is -0.463 e. The molecule has 1 atom stereocenters. The van der Waals surface area contributed by atoms with E-state index in [1.807, 2.05) is 66.9 Å². The van der Waals surface area contributed by atoms with E-state index in [1.54, 1.807) is 29.3 Å². The first-order valence-electron chi connectivity index (χ1n) is 13.9. The van der Waals surface area contributed by atoms with Crippen LogP contribution < -0.4 is 19.8 Å².